The average Bonchev–Trinajstić information content (AvgIpc) is 2.68. The number of rotatable bonds is 5. The van der Waals surface area contributed by atoms with E-state index in [9.17, 15) is 9.18 Å². The van der Waals surface area contributed by atoms with Gasteiger partial charge in [-0.1, -0.05) is 12.1 Å². The molecule has 1 heterocycles. The highest BCUT2D eigenvalue weighted by Gasteiger charge is 2.24. The Kier molecular flexibility index (Phi) is 5.61. The molecule has 3 rings (SSSR count). The Morgan fingerprint density at radius 3 is 2.46 bits per heavy atom. The molecule has 0 atom stereocenters. The second-order valence-corrected chi connectivity index (χ2v) is 6.03. The van der Waals surface area contributed by atoms with Crippen LogP contribution in [-0.4, -0.2) is 50.7 Å². The zero-order valence-corrected chi connectivity index (χ0v) is 15.1. The first-order valence-corrected chi connectivity index (χ1v) is 8.73. The molecular formula is C20H23FN2O3. The van der Waals surface area contributed by atoms with Crippen molar-refractivity contribution in [2.24, 2.45) is 0 Å². The summed E-state index contributed by atoms with van der Waals surface area (Å²) in [5, 5.41) is 0. The van der Waals surface area contributed by atoms with Crippen molar-refractivity contribution in [3.05, 3.63) is 53.8 Å². The summed E-state index contributed by atoms with van der Waals surface area (Å²) in [5.41, 5.74) is 1.15. The summed E-state index contributed by atoms with van der Waals surface area (Å²) in [5.74, 6) is 0.879. The average molecular weight is 358 g/mol. The summed E-state index contributed by atoms with van der Waals surface area (Å²) >= 11 is 0. The van der Waals surface area contributed by atoms with Crippen LogP contribution in [0.15, 0.2) is 42.5 Å². The van der Waals surface area contributed by atoms with Gasteiger partial charge in [0.15, 0.2) is 11.5 Å². The molecule has 26 heavy (non-hydrogen) atoms. The van der Waals surface area contributed by atoms with Crippen LogP contribution in [0.5, 0.6) is 11.5 Å². The Hall–Kier alpha value is -2.76. The monoisotopic (exact) mass is 358 g/mol. The molecule has 5 nitrogen and oxygen atoms in total. The van der Waals surface area contributed by atoms with E-state index in [4.69, 9.17) is 9.47 Å². The van der Waals surface area contributed by atoms with E-state index >= 15 is 0 Å². The number of carbonyl (C=O) groups is 1. The number of piperazine rings is 1. The zero-order chi connectivity index (χ0) is 18.5. The quantitative estimate of drug-likeness (QED) is 0.823. The van der Waals surface area contributed by atoms with Crippen LogP contribution in [0.2, 0.25) is 0 Å². The Bertz CT molecular complexity index is 773. The van der Waals surface area contributed by atoms with Crippen LogP contribution in [0.1, 0.15) is 17.3 Å². The SMILES string of the molecule is CCOc1cc(C(=O)N2CCN(c3ccccc3F)CC2)ccc1OC. The predicted molar refractivity (Wildman–Crippen MR) is 98.7 cm³/mol. The number of amides is 1. The van der Waals surface area contributed by atoms with Crippen LogP contribution in [0.25, 0.3) is 0 Å². The van der Waals surface area contributed by atoms with E-state index in [-0.39, 0.29) is 11.7 Å². The maximum Gasteiger partial charge on any atom is 0.254 e. The lowest BCUT2D eigenvalue weighted by Gasteiger charge is -2.36. The van der Waals surface area contributed by atoms with Crippen LogP contribution in [0.4, 0.5) is 10.1 Å². The Balaban J connectivity index is 1.69. The highest BCUT2D eigenvalue weighted by molar-refractivity contribution is 5.95. The van der Waals surface area contributed by atoms with Gasteiger partial charge in [0.25, 0.3) is 5.91 Å². The summed E-state index contributed by atoms with van der Waals surface area (Å²) in [7, 11) is 1.57. The standard InChI is InChI=1S/C20H23FN2O3/c1-3-26-19-14-15(8-9-18(19)25-2)20(24)23-12-10-22(11-13-23)17-7-5-4-6-16(17)21/h4-9,14H,3,10-13H2,1-2H3. The van der Waals surface area contributed by atoms with Crippen molar-refractivity contribution in [1.29, 1.82) is 0 Å². The molecule has 6 heteroatoms. The number of anilines is 1. The molecule has 0 unspecified atom stereocenters. The zero-order valence-electron chi connectivity index (χ0n) is 15.1. The first kappa shape index (κ1) is 18.0. The fourth-order valence-corrected chi connectivity index (χ4v) is 3.12. The van der Waals surface area contributed by atoms with E-state index in [0.717, 1.165) is 0 Å². The van der Waals surface area contributed by atoms with Gasteiger partial charge in [-0.2, -0.15) is 0 Å². The summed E-state index contributed by atoms with van der Waals surface area (Å²) in [6, 6.07) is 11.9. The minimum atomic E-state index is -0.233. The van der Waals surface area contributed by atoms with Crippen LogP contribution in [0.3, 0.4) is 0 Å². The summed E-state index contributed by atoms with van der Waals surface area (Å²) in [6.07, 6.45) is 0. The molecule has 0 N–H and O–H groups in total. The van der Waals surface area contributed by atoms with Crippen LogP contribution in [0, 0.1) is 5.82 Å². The van der Waals surface area contributed by atoms with E-state index in [1.165, 1.54) is 6.07 Å². The van der Waals surface area contributed by atoms with Crippen LogP contribution < -0.4 is 14.4 Å². The third-order valence-corrected chi connectivity index (χ3v) is 4.47. The summed E-state index contributed by atoms with van der Waals surface area (Å²) in [4.78, 5) is 16.6. The molecule has 0 spiro atoms. The number of ether oxygens (including phenoxy) is 2. The number of hydrogen-bond donors (Lipinski definition) is 0. The third kappa shape index (κ3) is 3.74. The molecule has 0 aromatic heterocycles. The van der Waals surface area contributed by atoms with Crippen molar-refractivity contribution in [1.82, 2.24) is 4.90 Å². The van der Waals surface area contributed by atoms with E-state index in [0.29, 0.717) is 55.5 Å². The van der Waals surface area contributed by atoms with Crippen molar-refractivity contribution >= 4 is 11.6 Å². The Labute approximate surface area is 152 Å². The fourth-order valence-electron chi connectivity index (χ4n) is 3.12. The lowest BCUT2D eigenvalue weighted by atomic mass is 10.1. The van der Waals surface area contributed by atoms with Gasteiger partial charge in [0.2, 0.25) is 0 Å². The number of methoxy groups -OCH3 is 1. The van der Waals surface area contributed by atoms with Crippen molar-refractivity contribution in [2.75, 3.05) is 44.8 Å². The molecular weight excluding hydrogens is 335 g/mol. The van der Waals surface area contributed by atoms with Gasteiger partial charge in [0.05, 0.1) is 19.4 Å². The van der Waals surface area contributed by atoms with E-state index < -0.39 is 0 Å². The Morgan fingerprint density at radius 2 is 1.81 bits per heavy atom. The first-order valence-electron chi connectivity index (χ1n) is 8.73. The molecule has 2 aromatic rings. The minimum Gasteiger partial charge on any atom is -0.493 e. The number of hydrogen-bond acceptors (Lipinski definition) is 4. The largest absolute Gasteiger partial charge is 0.493 e. The van der Waals surface area contributed by atoms with E-state index in [1.807, 2.05) is 17.9 Å². The molecule has 0 saturated carbocycles. The molecule has 138 valence electrons. The second kappa shape index (κ2) is 8.08. The number of halogens is 1. The molecule has 0 bridgehead atoms. The van der Waals surface area contributed by atoms with Crippen molar-refractivity contribution in [3.8, 4) is 11.5 Å². The third-order valence-electron chi connectivity index (χ3n) is 4.47. The van der Waals surface area contributed by atoms with Crippen LogP contribution >= 0.6 is 0 Å². The number of carbonyl (C=O) groups excluding carboxylic acids is 1. The van der Waals surface area contributed by atoms with E-state index in [2.05, 4.69) is 0 Å². The van der Waals surface area contributed by atoms with Gasteiger partial charge in [-0.15, -0.1) is 0 Å². The highest BCUT2D eigenvalue weighted by atomic mass is 19.1. The molecule has 0 radical (unpaired) electrons. The molecule has 1 fully saturated rings. The number of para-hydroxylation sites is 1. The van der Waals surface area contributed by atoms with Crippen molar-refractivity contribution in [3.63, 3.8) is 0 Å². The van der Waals surface area contributed by atoms with E-state index in [1.54, 1.807) is 42.3 Å². The number of benzene rings is 2. The summed E-state index contributed by atoms with van der Waals surface area (Å²) in [6.45, 7) is 4.67. The van der Waals surface area contributed by atoms with Gasteiger partial charge in [-0.3, -0.25) is 4.79 Å². The van der Waals surface area contributed by atoms with Gasteiger partial charge >= 0.3 is 0 Å². The lowest BCUT2D eigenvalue weighted by molar-refractivity contribution is 0.0746. The lowest BCUT2D eigenvalue weighted by Crippen LogP contribution is -2.49. The van der Waals surface area contributed by atoms with Gasteiger partial charge in [-0.05, 0) is 37.3 Å². The smallest absolute Gasteiger partial charge is 0.254 e. The number of nitrogens with zero attached hydrogens (tertiary/aromatic N) is 2. The van der Waals surface area contributed by atoms with Gasteiger partial charge < -0.3 is 19.3 Å². The summed E-state index contributed by atoms with van der Waals surface area (Å²) < 4.78 is 24.7. The van der Waals surface area contributed by atoms with Gasteiger partial charge in [0, 0.05) is 31.7 Å². The fraction of sp³-hybridized carbons (Fsp3) is 0.350. The molecule has 1 saturated heterocycles. The van der Waals surface area contributed by atoms with Crippen molar-refractivity contribution in [2.45, 2.75) is 6.92 Å². The minimum absolute atomic E-state index is 0.0539. The molecule has 2 aromatic carbocycles. The topological polar surface area (TPSA) is 42.0 Å². The van der Waals surface area contributed by atoms with Gasteiger partial charge in [0.1, 0.15) is 5.82 Å². The molecule has 1 aliphatic rings. The van der Waals surface area contributed by atoms with Gasteiger partial charge in [-0.25, -0.2) is 4.39 Å². The maximum absolute atomic E-state index is 13.9. The van der Waals surface area contributed by atoms with Crippen molar-refractivity contribution < 1.29 is 18.7 Å². The second-order valence-electron chi connectivity index (χ2n) is 6.03. The maximum atomic E-state index is 13.9. The Morgan fingerprint density at radius 1 is 1.08 bits per heavy atom. The molecule has 1 aliphatic heterocycles. The predicted octanol–water partition coefficient (Wildman–Crippen LogP) is 3.20. The molecule has 0 aliphatic carbocycles. The molecule has 1 amide bonds. The van der Waals surface area contributed by atoms with Crippen LogP contribution in [-0.2, 0) is 0 Å². The first-order chi connectivity index (χ1) is 12.6. The highest BCUT2D eigenvalue weighted by Crippen LogP contribution is 2.29. The normalized spacial score (nSPS) is 14.3.